The van der Waals surface area contributed by atoms with Crippen LogP contribution in [0.5, 0.6) is 0 Å². The maximum Gasteiger partial charge on any atom is 0.252 e. The fraction of sp³-hybridized carbons (Fsp3) is 0.545. The number of aliphatic hydroxyl groups excluding tert-OH is 1. The van der Waals surface area contributed by atoms with Gasteiger partial charge in [-0.2, -0.15) is 0 Å². The van der Waals surface area contributed by atoms with Crippen molar-refractivity contribution in [3.05, 3.63) is 17.0 Å². The fourth-order valence-corrected chi connectivity index (χ4v) is 4.26. The standard InChI is InChI=1S/C11H18N2O3S3/c1-13(7-3-2-4-8-14)19(15,16)10-6-5-9(18-10)11(12)17/h5-6,14H,2-4,7-8H2,1H3,(H2,12,17). The van der Waals surface area contributed by atoms with E-state index in [1.165, 1.54) is 10.4 Å². The Morgan fingerprint density at radius 1 is 1.42 bits per heavy atom. The predicted octanol–water partition coefficient (Wildman–Crippen LogP) is 1.17. The zero-order valence-corrected chi connectivity index (χ0v) is 13.2. The maximum absolute atomic E-state index is 12.2. The number of aliphatic hydroxyl groups is 1. The molecule has 0 aliphatic rings. The Kier molecular flexibility index (Phi) is 6.34. The molecule has 8 heteroatoms. The van der Waals surface area contributed by atoms with Crippen molar-refractivity contribution in [2.45, 2.75) is 23.5 Å². The van der Waals surface area contributed by atoms with Gasteiger partial charge in [0.15, 0.2) is 0 Å². The van der Waals surface area contributed by atoms with Gasteiger partial charge in [0.25, 0.3) is 10.0 Å². The Balaban J connectivity index is 2.70. The molecule has 3 N–H and O–H groups in total. The molecule has 0 unspecified atom stereocenters. The summed E-state index contributed by atoms with van der Waals surface area (Å²) in [7, 11) is -1.91. The first-order valence-electron chi connectivity index (χ1n) is 5.86. The van der Waals surface area contributed by atoms with Gasteiger partial charge in [0.1, 0.15) is 9.20 Å². The molecule has 0 saturated carbocycles. The molecule has 1 heterocycles. The summed E-state index contributed by atoms with van der Waals surface area (Å²) in [6.07, 6.45) is 2.22. The molecule has 0 aliphatic heterocycles. The van der Waals surface area contributed by atoms with Gasteiger partial charge in [-0.3, -0.25) is 0 Å². The lowest BCUT2D eigenvalue weighted by molar-refractivity contribution is 0.281. The van der Waals surface area contributed by atoms with Gasteiger partial charge in [-0.25, -0.2) is 12.7 Å². The van der Waals surface area contributed by atoms with Crippen LogP contribution in [0.3, 0.4) is 0 Å². The molecule has 0 radical (unpaired) electrons. The summed E-state index contributed by atoms with van der Waals surface area (Å²) in [5.41, 5.74) is 5.47. The van der Waals surface area contributed by atoms with E-state index in [1.807, 2.05) is 0 Å². The number of thiocarbonyl (C=S) groups is 1. The van der Waals surface area contributed by atoms with Crippen molar-refractivity contribution in [1.29, 1.82) is 0 Å². The van der Waals surface area contributed by atoms with Crippen LogP contribution in [-0.2, 0) is 10.0 Å². The topological polar surface area (TPSA) is 83.6 Å². The van der Waals surface area contributed by atoms with E-state index in [0.717, 1.165) is 24.2 Å². The highest BCUT2D eigenvalue weighted by Gasteiger charge is 2.22. The molecule has 0 saturated heterocycles. The van der Waals surface area contributed by atoms with Crippen LogP contribution in [-0.4, -0.2) is 43.0 Å². The first kappa shape index (κ1) is 16.5. The van der Waals surface area contributed by atoms with Crippen LogP contribution in [0.2, 0.25) is 0 Å². The third-order valence-corrected chi connectivity index (χ3v) is 6.41. The summed E-state index contributed by atoms with van der Waals surface area (Å²) < 4.78 is 26.0. The van der Waals surface area contributed by atoms with Crippen LogP contribution in [0.1, 0.15) is 24.1 Å². The van der Waals surface area contributed by atoms with Crippen molar-refractivity contribution in [2.24, 2.45) is 5.73 Å². The lowest BCUT2D eigenvalue weighted by Crippen LogP contribution is -2.27. The van der Waals surface area contributed by atoms with Gasteiger partial charge in [0.2, 0.25) is 0 Å². The van der Waals surface area contributed by atoms with Gasteiger partial charge in [0, 0.05) is 20.2 Å². The molecular formula is C11H18N2O3S3. The van der Waals surface area contributed by atoms with Crippen LogP contribution >= 0.6 is 23.6 Å². The summed E-state index contributed by atoms with van der Waals surface area (Å²) >= 11 is 5.90. The Labute approximate surface area is 123 Å². The second-order valence-corrected chi connectivity index (χ2v) is 7.89. The Morgan fingerprint density at radius 3 is 2.63 bits per heavy atom. The average Bonchev–Trinajstić information content (AvgIpc) is 2.84. The highest BCUT2D eigenvalue weighted by atomic mass is 32.2. The Morgan fingerprint density at radius 2 is 2.11 bits per heavy atom. The van der Waals surface area contributed by atoms with Crippen LogP contribution in [0.4, 0.5) is 0 Å². The van der Waals surface area contributed by atoms with E-state index in [9.17, 15) is 8.42 Å². The van der Waals surface area contributed by atoms with Crippen LogP contribution in [0.15, 0.2) is 16.3 Å². The summed E-state index contributed by atoms with van der Waals surface area (Å²) in [6, 6.07) is 3.15. The number of sulfonamides is 1. The molecule has 0 aliphatic carbocycles. The third kappa shape index (κ3) is 4.50. The Hall–Kier alpha value is -0.540. The summed E-state index contributed by atoms with van der Waals surface area (Å²) in [5.74, 6) is 0. The van der Waals surface area contributed by atoms with E-state index in [2.05, 4.69) is 0 Å². The average molecular weight is 322 g/mol. The van der Waals surface area contributed by atoms with Crippen molar-refractivity contribution < 1.29 is 13.5 Å². The van der Waals surface area contributed by atoms with Crippen LogP contribution in [0.25, 0.3) is 0 Å². The molecule has 1 aromatic rings. The van der Waals surface area contributed by atoms with Crippen molar-refractivity contribution in [3.63, 3.8) is 0 Å². The molecule has 1 aromatic heterocycles. The maximum atomic E-state index is 12.2. The number of nitrogens with zero attached hydrogens (tertiary/aromatic N) is 1. The minimum atomic E-state index is -3.46. The minimum absolute atomic E-state index is 0.138. The van der Waals surface area contributed by atoms with Crippen molar-refractivity contribution in [2.75, 3.05) is 20.2 Å². The van der Waals surface area contributed by atoms with Crippen molar-refractivity contribution >= 4 is 38.6 Å². The van der Waals surface area contributed by atoms with Gasteiger partial charge in [-0.1, -0.05) is 12.2 Å². The predicted molar refractivity (Wildman–Crippen MR) is 81.0 cm³/mol. The highest BCUT2D eigenvalue weighted by molar-refractivity contribution is 7.91. The summed E-state index contributed by atoms with van der Waals surface area (Å²) in [4.78, 5) is 0.805. The second kappa shape index (κ2) is 7.30. The number of hydrogen-bond acceptors (Lipinski definition) is 5. The molecule has 0 spiro atoms. The normalized spacial score (nSPS) is 11.9. The molecule has 5 nitrogen and oxygen atoms in total. The third-order valence-electron chi connectivity index (χ3n) is 2.62. The van der Waals surface area contributed by atoms with E-state index >= 15 is 0 Å². The second-order valence-electron chi connectivity index (χ2n) is 4.09. The van der Waals surface area contributed by atoms with Gasteiger partial charge in [0.05, 0.1) is 4.88 Å². The first-order valence-corrected chi connectivity index (χ1v) is 8.53. The van der Waals surface area contributed by atoms with Crippen LogP contribution < -0.4 is 5.73 Å². The smallest absolute Gasteiger partial charge is 0.252 e. The van der Waals surface area contributed by atoms with Gasteiger partial charge >= 0.3 is 0 Å². The molecule has 19 heavy (non-hydrogen) atoms. The van der Waals surface area contributed by atoms with Gasteiger partial charge in [-0.15, -0.1) is 11.3 Å². The number of nitrogens with two attached hydrogens (primary N) is 1. The molecule has 0 bridgehead atoms. The van der Waals surface area contributed by atoms with E-state index in [0.29, 0.717) is 17.8 Å². The number of unbranched alkanes of at least 4 members (excludes halogenated alkanes) is 2. The molecule has 108 valence electrons. The monoisotopic (exact) mass is 322 g/mol. The van der Waals surface area contributed by atoms with Gasteiger partial charge in [-0.05, 0) is 31.4 Å². The van der Waals surface area contributed by atoms with Crippen molar-refractivity contribution in [1.82, 2.24) is 4.31 Å². The van der Waals surface area contributed by atoms with E-state index in [4.69, 9.17) is 23.1 Å². The largest absolute Gasteiger partial charge is 0.396 e. The molecule has 0 fully saturated rings. The Bertz CT molecular complexity index is 525. The lowest BCUT2D eigenvalue weighted by atomic mass is 10.2. The van der Waals surface area contributed by atoms with E-state index in [-0.39, 0.29) is 15.8 Å². The van der Waals surface area contributed by atoms with Crippen molar-refractivity contribution in [3.8, 4) is 0 Å². The zero-order chi connectivity index (χ0) is 14.5. The molecule has 1 rings (SSSR count). The number of thiophene rings is 1. The number of rotatable bonds is 8. The van der Waals surface area contributed by atoms with Gasteiger partial charge < -0.3 is 10.8 Å². The molecule has 0 aromatic carbocycles. The molecular weight excluding hydrogens is 304 g/mol. The van der Waals surface area contributed by atoms with Crippen LogP contribution in [0, 0.1) is 0 Å². The summed E-state index contributed by atoms with van der Waals surface area (Å²) in [6.45, 7) is 0.571. The number of hydrogen-bond donors (Lipinski definition) is 2. The fourth-order valence-electron chi connectivity index (χ4n) is 1.49. The zero-order valence-electron chi connectivity index (χ0n) is 10.7. The first-order chi connectivity index (χ1) is 8.89. The SMILES string of the molecule is CN(CCCCCO)S(=O)(=O)c1ccc(C(N)=S)s1. The lowest BCUT2D eigenvalue weighted by Gasteiger charge is -2.15. The van der Waals surface area contributed by atoms with E-state index in [1.54, 1.807) is 13.1 Å². The minimum Gasteiger partial charge on any atom is -0.396 e. The molecule has 0 amide bonds. The summed E-state index contributed by atoms with van der Waals surface area (Å²) in [5, 5.41) is 8.67. The molecule has 0 atom stereocenters. The quantitative estimate of drug-likeness (QED) is 0.554. The highest BCUT2D eigenvalue weighted by Crippen LogP contribution is 2.24. The van der Waals surface area contributed by atoms with E-state index < -0.39 is 10.0 Å².